The average molecular weight is 854 g/mol. The van der Waals surface area contributed by atoms with Crippen LogP contribution in [0.2, 0.25) is 0 Å². The van der Waals surface area contributed by atoms with E-state index in [0.717, 1.165) is 4.76 Å². The monoisotopic (exact) mass is 854 g/mol. The van der Waals surface area contributed by atoms with Crippen molar-refractivity contribution in [3.8, 4) is 0 Å². The van der Waals surface area contributed by atoms with E-state index in [4.69, 9.17) is 18.9 Å². The lowest BCUT2D eigenvalue weighted by molar-refractivity contribution is -0.695. The van der Waals surface area contributed by atoms with Crippen LogP contribution >= 0.6 is 0 Å². The van der Waals surface area contributed by atoms with Gasteiger partial charge >= 0.3 is 23.9 Å². The molecular formula is C44H77N4O12+. The molecule has 4 aliphatic heterocycles. The second-order valence-corrected chi connectivity index (χ2v) is 23.3. The highest BCUT2D eigenvalue weighted by Gasteiger charge is 2.56. The third-order valence-corrected chi connectivity index (χ3v) is 13.4. The standard InChI is InChI=1S/C44H77N4O12/c1-37(2)19-27(20-38(3,4)45(37)53)57-33(49)17-31(35(51)59-29-23-41(9,10)47(55)42(11,12)24-29)32(36(52)60-30-25-43(13,14)48(56)44(15,16)26-30)18-34(50)58-28-21-39(5,6)46(54)40(7,8)22-28/h27-32,53,55-56H,17-26H2,1-16H3/q+1. The highest BCUT2D eigenvalue weighted by molar-refractivity contribution is 5.88. The molecule has 60 heavy (non-hydrogen) atoms. The molecule has 0 saturated carbocycles. The average Bonchev–Trinajstić information content (AvgIpc) is 3.04. The zero-order chi connectivity index (χ0) is 46.0. The van der Waals surface area contributed by atoms with E-state index in [0.29, 0.717) is 12.8 Å². The summed E-state index contributed by atoms with van der Waals surface area (Å²) in [6, 6.07) is 0. The molecule has 4 fully saturated rings. The number of nitrogens with zero attached hydrogens (tertiary/aromatic N) is 4. The van der Waals surface area contributed by atoms with Crippen LogP contribution in [0.3, 0.4) is 0 Å². The van der Waals surface area contributed by atoms with Gasteiger partial charge in [-0.15, -0.1) is 0 Å². The summed E-state index contributed by atoms with van der Waals surface area (Å²) >= 11 is 0. The maximum Gasteiger partial charge on any atom is 0.310 e. The van der Waals surface area contributed by atoms with Crippen LogP contribution in [0.1, 0.15) is 175 Å². The Bertz CT molecular complexity index is 1580. The molecule has 0 aromatic heterocycles. The molecule has 16 nitrogen and oxygen atoms in total. The molecule has 0 aromatic rings. The molecule has 4 heterocycles. The largest absolute Gasteiger partial charge is 0.462 e. The summed E-state index contributed by atoms with van der Waals surface area (Å²) in [5.74, 6) is -6.50. The molecule has 2 unspecified atom stereocenters. The molecule has 0 spiro atoms. The third kappa shape index (κ3) is 11.1. The number of esters is 4. The van der Waals surface area contributed by atoms with E-state index in [1.54, 1.807) is 27.7 Å². The smallest absolute Gasteiger partial charge is 0.310 e. The fraction of sp³-hybridized carbons (Fsp3) is 0.909. The Morgan fingerprint density at radius 2 is 0.667 bits per heavy atom. The first-order valence-electron chi connectivity index (χ1n) is 21.7. The number of hydrogen-bond donors (Lipinski definition) is 3. The molecular weight excluding hydrogens is 776 g/mol. The molecule has 0 radical (unpaired) electrons. The molecule has 3 N–H and O–H groups in total. The van der Waals surface area contributed by atoms with Gasteiger partial charge in [-0.2, -0.15) is 15.2 Å². The number of rotatable bonds is 11. The summed E-state index contributed by atoms with van der Waals surface area (Å²) in [5, 5.41) is 36.6. The van der Waals surface area contributed by atoms with Crippen LogP contribution in [0.4, 0.5) is 0 Å². The lowest BCUT2D eigenvalue weighted by atomic mass is 9.79. The molecule has 0 bridgehead atoms. The minimum absolute atomic E-state index is 0.233. The Balaban J connectivity index is 1.72. The second-order valence-electron chi connectivity index (χ2n) is 23.3. The van der Waals surface area contributed by atoms with Crippen molar-refractivity contribution in [3.05, 3.63) is 4.91 Å². The normalized spacial score (nSPS) is 27.9. The van der Waals surface area contributed by atoms with Crippen molar-refractivity contribution in [3.63, 3.8) is 0 Å². The van der Waals surface area contributed by atoms with E-state index in [1.165, 1.54) is 15.2 Å². The highest BCUT2D eigenvalue weighted by Crippen LogP contribution is 2.43. The summed E-state index contributed by atoms with van der Waals surface area (Å²) < 4.78 is 25.4. The van der Waals surface area contributed by atoms with E-state index >= 15 is 0 Å². The summed E-state index contributed by atoms with van der Waals surface area (Å²) in [6.07, 6.45) is -2.01. The predicted octanol–water partition coefficient (Wildman–Crippen LogP) is 6.90. The predicted molar refractivity (Wildman–Crippen MR) is 220 cm³/mol. The third-order valence-electron chi connectivity index (χ3n) is 13.4. The molecule has 0 aliphatic carbocycles. The van der Waals surface area contributed by atoms with Crippen molar-refractivity contribution in [1.29, 1.82) is 0 Å². The van der Waals surface area contributed by atoms with Gasteiger partial charge in [0.25, 0.3) is 0 Å². The Hall–Kier alpha value is -2.76. The SMILES string of the molecule is CC1(C)CC(OC(=O)CC(C(=O)OC2CC(C)(C)N(O)C(C)(C)C2)C(CC(=O)OC2CC(C)(C)[N+](=O)C(C)(C)C2)C(=O)OC2CC(C)(C)N(O)C(C)(C)C2)CC(C)(C)N1O. The van der Waals surface area contributed by atoms with Gasteiger partial charge in [0.2, 0.25) is 11.1 Å². The molecule has 16 heteroatoms. The molecule has 4 aliphatic rings. The fourth-order valence-corrected chi connectivity index (χ4v) is 11.2. The van der Waals surface area contributed by atoms with Crippen LogP contribution in [-0.4, -0.2) is 128 Å². The Labute approximate surface area is 357 Å². The zero-order valence-electron chi connectivity index (χ0n) is 39.3. The maximum absolute atomic E-state index is 14.7. The number of nitroso groups, excluding NO2 is 1. The number of hydrogen-bond acceptors (Lipinski definition) is 15. The number of carbonyl (C=O) groups excluding carboxylic acids is 4. The number of carbonyl (C=O) groups is 4. The van der Waals surface area contributed by atoms with E-state index in [1.807, 2.05) is 83.1 Å². The fourth-order valence-electron chi connectivity index (χ4n) is 11.2. The van der Waals surface area contributed by atoms with Crippen LogP contribution in [-0.2, 0) is 38.1 Å². The second kappa shape index (κ2) is 16.7. The Kier molecular flexibility index (Phi) is 13.9. The lowest BCUT2D eigenvalue weighted by Crippen LogP contribution is -2.61. The topological polar surface area (TPSA) is 196 Å². The molecule has 0 amide bonds. The summed E-state index contributed by atoms with van der Waals surface area (Å²) in [5.41, 5.74) is -6.41. The minimum Gasteiger partial charge on any atom is -0.462 e. The van der Waals surface area contributed by atoms with Crippen LogP contribution in [0.25, 0.3) is 0 Å². The number of piperidine rings is 4. The molecule has 4 saturated heterocycles. The van der Waals surface area contributed by atoms with Gasteiger partial charge in [-0.25, -0.2) is 0 Å². The van der Waals surface area contributed by atoms with Crippen molar-refractivity contribution in [2.45, 2.75) is 244 Å². The van der Waals surface area contributed by atoms with E-state index < -0.39 is 117 Å². The van der Waals surface area contributed by atoms with Gasteiger partial charge in [-0.1, -0.05) is 0 Å². The number of hydroxylamine groups is 6. The van der Waals surface area contributed by atoms with Crippen molar-refractivity contribution >= 4 is 23.9 Å². The van der Waals surface area contributed by atoms with Crippen molar-refractivity contribution in [2.75, 3.05) is 0 Å². The summed E-state index contributed by atoms with van der Waals surface area (Å²) in [4.78, 5) is 70.6. The summed E-state index contributed by atoms with van der Waals surface area (Å²) in [6.45, 7) is 29.0. The van der Waals surface area contributed by atoms with Gasteiger partial charge < -0.3 is 34.6 Å². The van der Waals surface area contributed by atoms with Crippen molar-refractivity contribution < 1.29 is 58.5 Å². The Morgan fingerprint density at radius 1 is 0.450 bits per heavy atom. The Morgan fingerprint density at radius 3 is 0.917 bits per heavy atom. The van der Waals surface area contributed by atoms with Gasteiger partial charge in [0, 0.05) is 109 Å². The van der Waals surface area contributed by atoms with Gasteiger partial charge in [-0.3, -0.25) is 19.2 Å². The van der Waals surface area contributed by atoms with Crippen LogP contribution < -0.4 is 0 Å². The van der Waals surface area contributed by atoms with Gasteiger partial charge in [0.05, 0.1) is 37.5 Å². The van der Waals surface area contributed by atoms with Crippen LogP contribution in [0.5, 0.6) is 0 Å². The summed E-state index contributed by atoms with van der Waals surface area (Å²) in [7, 11) is 0. The van der Waals surface area contributed by atoms with Gasteiger partial charge in [0.1, 0.15) is 24.4 Å². The lowest BCUT2D eigenvalue weighted by Gasteiger charge is -2.51. The van der Waals surface area contributed by atoms with Crippen LogP contribution in [0.15, 0.2) is 0 Å². The first-order chi connectivity index (χ1) is 26.9. The highest BCUT2D eigenvalue weighted by atomic mass is 16.6. The van der Waals surface area contributed by atoms with Crippen molar-refractivity contribution in [2.24, 2.45) is 11.8 Å². The van der Waals surface area contributed by atoms with Gasteiger partial charge in [-0.05, 0) is 83.1 Å². The zero-order valence-corrected chi connectivity index (χ0v) is 39.3. The van der Waals surface area contributed by atoms with Gasteiger partial charge in [0.15, 0.2) is 0 Å². The van der Waals surface area contributed by atoms with Crippen LogP contribution in [0, 0.1) is 16.7 Å². The first-order valence-corrected chi connectivity index (χ1v) is 21.7. The molecule has 344 valence electrons. The maximum atomic E-state index is 14.7. The molecule has 2 atom stereocenters. The quantitative estimate of drug-likeness (QED) is 0.110. The van der Waals surface area contributed by atoms with Crippen molar-refractivity contribution in [1.82, 2.24) is 15.2 Å². The first kappa shape index (κ1) is 49.9. The minimum atomic E-state index is -1.55. The molecule has 4 rings (SSSR count). The van der Waals surface area contributed by atoms with E-state index in [-0.39, 0.29) is 38.5 Å². The van der Waals surface area contributed by atoms with E-state index in [2.05, 4.69) is 0 Å². The van der Waals surface area contributed by atoms with E-state index in [9.17, 15) is 39.7 Å². The number of ether oxygens (including phenoxy) is 4. The molecule has 0 aromatic carbocycles.